The van der Waals surface area contributed by atoms with E-state index in [1.807, 2.05) is 31.2 Å². The van der Waals surface area contributed by atoms with Gasteiger partial charge in [-0.1, -0.05) is 24.2 Å². The van der Waals surface area contributed by atoms with Crippen LogP contribution in [-0.4, -0.2) is 33.3 Å². The number of benzene rings is 1. The predicted molar refractivity (Wildman–Crippen MR) is 74.7 cm³/mol. The van der Waals surface area contributed by atoms with Crippen molar-refractivity contribution in [2.24, 2.45) is 0 Å². The Bertz CT molecular complexity index is 708. The maximum absolute atomic E-state index is 5.55. The summed E-state index contributed by atoms with van der Waals surface area (Å²) in [5.41, 5.74) is 2.11. The van der Waals surface area contributed by atoms with Crippen molar-refractivity contribution in [3.8, 4) is 0 Å². The molecule has 3 heterocycles. The van der Waals surface area contributed by atoms with E-state index in [-0.39, 0.29) is 0 Å². The molecule has 1 aliphatic heterocycles. The molecule has 0 bridgehead atoms. The van der Waals surface area contributed by atoms with Crippen molar-refractivity contribution in [3.63, 3.8) is 0 Å². The molecular formula is C14H15N5O. The first kappa shape index (κ1) is 11.5. The van der Waals surface area contributed by atoms with E-state index < -0.39 is 0 Å². The van der Waals surface area contributed by atoms with Gasteiger partial charge in [-0.15, -0.1) is 5.10 Å². The zero-order valence-corrected chi connectivity index (χ0v) is 11.2. The Labute approximate surface area is 115 Å². The normalized spacial score (nSPS) is 15.8. The fraction of sp³-hybridized carbons (Fsp3) is 0.357. The van der Waals surface area contributed by atoms with Crippen molar-refractivity contribution in [2.75, 3.05) is 18.0 Å². The summed E-state index contributed by atoms with van der Waals surface area (Å²) in [6, 6.07) is 8.71. The lowest BCUT2D eigenvalue weighted by atomic mass is 10.0. The number of H-pyrrole nitrogens is 1. The van der Waals surface area contributed by atoms with Gasteiger partial charge in [-0.3, -0.25) is 0 Å². The first-order valence-electron chi connectivity index (χ1n) is 6.85. The van der Waals surface area contributed by atoms with Crippen LogP contribution < -0.4 is 4.90 Å². The van der Waals surface area contributed by atoms with Gasteiger partial charge < -0.3 is 14.3 Å². The van der Waals surface area contributed by atoms with Crippen molar-refractivity contribution in [3.05, 3.63) is 36.0 Å². The van der Waals surface area contributed by atoms with Crippen molar-refractivity contribution in [2.45, 2.75) is 19.3 Å². The van der Waals surface area contributed by atoms with E-state index in [1.165, 1.54) is 0 Å². The van der Waals surface area contributed by atoms with Gasteiger partial charge in [-0.05, 0) is 12.1 Å². The number of hydrogen-bond donors (Lipinski definition) is 1. The summed E-state index contributed by atoms with van der Waals surface area (Å²) >= 11 is 0. The Morgan fingerprint density at radius 2 is 2.15 bits per heavy atom. The van der Waals surface area contributed by atoms with Crippen LogP contribution in [0.15, 0.2) is 28.7 Å². The molecule has 0 radical (unpaired) electrons. The van der Waals surface area contributed by atoms with Crippen LogP contribution in [0.4, 0.5) is 6.01 Å². The number of nitrogens with zero attached hydrogens (tertiary/aromatic N) is 4. The minimum Gasteiger partial charge on any atom is -0.408 e. The summed E-state index contributed by atoms with van der Waals surface area (Å²) in [6.07, 6.45) is 0.772. The third-order valence-corrected chi connectivity index (χ3v) is 3.71. The van der Waals surface area contributed by atoms with Crippen LogP contribution >= 0.6 is 0 Å². The number of aromatic amines is 1. The Balaban J connectivity index is 1.50. The minimum atomic E-state index is 0.402. The third-order valence-electron chi connectivity index (χ3n) is 3.71. The Morgan fingerprint density at radius 1 is 1.30 bits per heavy atom. The first-order valence-corrected chi connectivity index (χ1v) is 6.85. The van der Waals surface area contributed by atoms with Crippen LogP contribution in [0.1, 0.15) is 24.6 Å². The molecule has 2 aromatic heterocycles. The lowest BCUT2D eigenvalue weighted by Gasteiger charge is -2.36. The predicted octanol–water partition coefficient (Wildman–Crippen LogP) is 2.11. The van der Waals surface area contributed by atoms with Gasteiger partial charge in [-0.2, -0.15) is 0 Å². The fourth-order valence-electron chi connectivity index (χ4n) is 2.49. The van der Waals surface area contributed by atoms with Crippen molar-refractivity contribution in [1.29, 1.82) is 0 Å². The minimum absolute atomic E-state index is 0.402. The molecule has 4 rings (SSSR count). The van der Waals surface area contributed by atoms with Crippen molar-refractivity contribution < 1.29 is 4.42 Å². The van der Waals surface area contributed by atoms with Gasteiger partial charge in [0.25, 0.3) is 0 Å². The Kier molecular flexibility index (Phi) is 2.48. The molecule has 1 saturated heterocycles. The van der Waals surface area contributed by atoms with Crippen molar-refractivity contribution in [1.82, 2.24) is 20.2 Å². The smallest absolute Gasteiger partial charge is 0.318 e. The zero-order chi connectivity index (χ0) is 13.5. The van der Waals surface area contributed by atoms with Gasteiger partial charge in [0.15, 0.2) is 0 Å². The molecule has 0 spiro atoms. The average molecular weight is 269 g/mol. The summed E-state index contributed by atoms with van der Waals surface area (Å²) in [5.74, 6) is 2.13. The van der Waals surface area contributed by atoms with E-state index in [0.29, 0.717) is 17.8 Å². The Morgan fingerprint density at radius 3 is 2.90 bits per heavy atom. The SMILES string of the molecule is CCc1nnc(N2CC(c3nc4ccccc4[nH]3)C2)o1. The summed E-state index contributed by atoms with van der Waals surface area (Å²) in [7, 11) is 0. The van der Waals surface area contributed by atoms with Crippen LogP contribution in [0.3, 0.4) is 0 Å². The van der Waals surface area contributed by atoms with E-state index in [9.17, 15) is 0 Å². The lowest BCUT2D eigenvalue weighted by Crippen LogP contribution is -2.45. The quantitative estimate of drug-likeness (QED) is 0.788. The molecular weight excluding hydrogens is 254 g/mol. The molecule has 0 unspecified atom stereocenters. The molecule has 6 heteroatoms. The third kappa shape index (κ3) is 1.76. The second-order valence-corrected chi connectivity index (χ2v) is 5.07. The van der Waals surface area contributed by atoms with Crippen LogP contribution in [0.5, 0.6) is 0 Å². The van der Waals surface area contributed by atoms with Gasteiger partial charge in [-0.25, -0.2) is 4.98 Å². The second kappa shape index (κ2) is 4.33. The monoisotopic (exact) mass is 269 g/mol. The number of imidazole rings is 1. The van der Waals surface area contributed by atoms with Crippen LogP contribution in [0.25, 0.3) is 11.0 Å². The molecule has 1 N–H and O–H groups in total. The summed E-state index contributed by atoms with van der Waals surface area (Å²) in [5, 5.41) is 8.05. The number of aryl methyl sites for hydroxylation is 1. The average Bonchev–Trinajstić information content (AvgIpc) is 3.03. The molecule has 3 aromatic rings. The molecule has 6 nitrogen and oxygen atoms in total. The highest BCUT2D eigenvalue weighted by Crippen LogP contribution is 2.30. The van der Waals surface area contributed by atoms with Gasteiger partial charge in [0.2, 0.25) is 5.89 Å². The molecule has 102 valence electrons. The van der Waals surface area contributed by atoms with Crippen LogP contribution in [0.2, 0.25) is 0 Å². The summed E-state index contributed by atoms with van der Waals surface area (Å²) < 4.78 is 5.55. The van der Waals surface area contributed by atoms with E-state index >= 15 is 0 Å². The van der Waals surface area contributed by atoms with Gasteiger partial charge in [0, 0.05) is 19.5 Å². The lowest BCUT2D eigenvalue weighted by molar-refractivity contribution is 0.426. The topological polar surface area (TPSA) is 70.8 Å². The van der Waals surface area contributed by atoms with Crippen LogP contribution in [-0.2, 0) is 6.42 Å². The molecule has 0 aliphatic carbocycles. The maximum atomic E-state index is 5.55. The molecule has 1 aliphatic rings. The molecule has 1 fully saturated rings. The number of rotatable bonds is 3. The highest BCUT2D eigenvalue weighted by atomic mass is 16.4. The van der Waals surface area contributed by atoms with E-state index in [4.69, 9.17) is 4.42 Å². The zero-order valence-electron chi connectivity index (χ0n) is 11.2. The molecule has 20 heavy (non-hydrogen) atoms. The molecule has 1 aromatic carbocycles. The number of nitrogens with one attached hydrogen (secondary N) is 1. The van der Waals surface area contributed by atoms with Gasteiger partial charge >= 0.3 is 6.01 Å². The van der Waals surface area contributed by atoms with Gasteiger partial charge in [0.05, 0.1) is 17.0 Å². The van der Waals surface area contributed by atoms with Crippen LogP contribution in [0, 0.1) is 0 Å². The number of fused-ring (bicyclic) bond motifs is 1. The maximum Gasteiger partial charge on any atom is 0.318 e. The van der Waals surface area contributed by atoms with Gasteiger partial charge in [0.1, 0.15) is 5.82 Å². The second-order valence-electron chi connectivity index (χ2n) is 5.07. The summed E-state index contributed by atoms with van der Waals surface area (Å²) in [4.78, 5) is 10.1. The van der Waals surface area contributed by atoms with E-state index in [2.05, 4.69) is 25.1 Å². The largest absolute Gasteiger partial charge is 0.408 e. The number of aromatic nitrogens is 4. The van der Waals surface area contributed by atoms with Crippen molar-refractivity contribution >= 4 is 17.0 Å². The number of para-hydroxylation sites is 2. The van der Waals surface area contributed by atoms with E-state index in [1.54, 1.807) is 0 Å². The molecule has 0 saturated carbocycles. The first-order chi connectivity index (χ1) is 9.83. The van der Waals surface area contributed by atoms with E-state index in [0.717, 1.165) is 36.4 Å². The highest BCUT2D eigenvalue weighted by Gasteiger charge is 2.33. The Hall–Kier alpha value is -2.37. The fourth-order valence-corrected chi connectivity index (χ4v) is 2.49. The highest BCUT2D eigenvalue weighted by molar-refractivity contribution is 5.75. The summed E-state index contributed by atoms with van der Waals surface area (Å²) in [6.45, 7) is 3.74. The number of hydrogen-bond acceptors (Lipinski definition) is 5. The standard InChI is InChI=1S/C14H15N5O/c1-2-12-17-18-14(20-12)19-7-9(8-19)13-15-10-5-3-4-6-11(10)16-13/h3-6,9H,2,7-8H2,1H3,(H,15,16). The number of anilines is 1. The molecule has 0 amide bonds. The molecule has 0 atom stereocenters.